The molecule has 0 radical (unpaired) electrons. The molecule has 1 aliphatic heterocycles. The molecular weight excluding hydrogens is 420 g/mol. The van der Waals surface area contributed by atoms with Gasteiger partial charge in [-0.25, -0.2) is 4.79 Å². The summed E-state index contributed by atoms with van der Waals surface area (Å²) in [6.45, 7) is 8.54. The van der Waals surface area contributed by atoms with E-state index in [0.29, 0.717) is 6.42 Å². The molecule has 172 valence electrons. The summed E-state index contributed by atoms with van der Waals surface area (Å²) in [5, 5.41) is 0. The molecule has 0 amide bonds. The quantitative estimate of drug-likeness (QED) is 0.434. The zero-order valence-electron chi connectivity index (χ0n) is 19.0. The third kappa shape index (κ3) is 6.46. The maximum absolute atomic E-state index is 13.0. The Hall–Kier alpha value is -2.06. The second-order valence-electron chi connectivity index (χ2n) is 8.09. The second-order valence-corrected chi connectivity index (χ2v) is 9.43. The van der Waals surface area contributed by atoms with Gasteiger partial charge in [0.1, 0.15) is 12.7 Å². The Balaban J connectivity index is 2.36. The highest BCUT2D eigenvalue weighted by Crippen LogP contribution is 2.49. The summed E-state index contributed by atoms with van der Waals surface area (Å²) >= 11 is 1.33. The van der Waals surface area contributed by atoms with Gasteiger partial charge in [-0.05, 0) is 24.0 Å². The number of hydrogen-bond donors (Lipinski definition) is 0. The van der Waals surface area contributed by atoms with Crippen LogP contribution in [0.2, 0.25) is 0 Å². The number of hydrogen-bond acceptors (Lipinski definition) is 8. The average molecular weight is 453 g/mol. The molecule has 1 aromatic rings. The molecule has 1 heterocycles. The summed E-state index contributed by atoms with van der Waals surface area (Å²) in [6, 6.07) is 9.55. The van der Waals surface area contributed by atoms with Crippen LogP contribution < -0.4 is 0 Å². The van der Waals surface area contributed by atoms with Crippen LogP contribution in [0.15, 0.2) is 35.2 Å². The molecule has 1 aromatic carbocycles. The molecule has 0 spiro atoms. The zero-order valence-corrected chi connectivity index (χ0v) is 19.8. The van der Waals surface area contributed by atoms with Crippen molar-refractivity contribution in [2.45, 2.75) is 63.1 Å². The Bertz CT molecular complexity index is 768. The van der Waals surface area contributed by atoms with Crippen molar-refractivity contribution in [3.05, 3.63) is 30.3 Å². The fourth-order valence-electron chi connectivity index (χ4n) is 3.89. The minimum absolute atomic E-state index is 0.0690. The second kappa shape index (κ2) is 11.0. The third-order valence-corrected chi connectivity index (χ3v) is 7.00. The van der Waals surface area contributed by atoms with E-state index in [2.05, 4.69) is 13.8 Å². The van der Waals surface area contributed by atoms with Crippen molar-refractivity contribution in [3.63, 3.8) is 0 Å². The van der Waals surface area contributed by atoms with Crippen molar-refractivity contribution >= 4 is 29.7 Å². The molecule has 1 fully saturated rings. The molecule has 8 heteroatoms. The average Bonchev–Trinajstić information content (AvgIpc) is 2.72. The maximum atomic E-state index is 13.0. The Labute approximate surface area is 188 Å². The Morgan fingerprint density at radius 3 is 2.35 bits per heavy atom. The smallest absolute Gasteiger partial charge is 0.349 e. The van der Waals surface area contributed by atoms with Gasteiger partial charge in [0.25, 0.3) is 0 Å². The summed E-state index contributed by atoms with van der Waals surface area (Å²) in [7, 11) is 1.35. The van der Waals surface area contributed by atoms with Crippen LogP contribution >= 0.6 is 11.8 Å². The standard InChI is InChI=1S/C23H32O7S/c1-14-12-23(22(26)27-6,31-19-10-8-7-9-11-19)30-21(15(14)2)16(3)20(29-18(5)25)13-28-17(4)24/h7-11,14-16,20-21H,12-13H2,1-6H3/t14?,15-,16-,20+,21-,23?/m1/s1. The monoisotopic (exact) mass is 452 g/mol. The van der Waals surface area contributed by atoms with E-state index < -0.39 is 35.0 Å². The molecule has 0 bridgehead atoms. The van der Waals surface area contributed by atoms with E-state index in [-0.39, 0.29) is 24.4 Å². The van der Waals surface area contributed by atoms with Crippen molar-refractivity contribution in [1.82, 2.24) is 0 Å². The summed E-state index contributed by atoms with van der Waals surface area (Å²) < 4.78 is 22.2. The fourth-order valence-corrected chi connectivity index (χ4v) is 5.23. The van der Waals surface area contributed by atoms with Crippen molar-refractivity contribution < 1.29 is 33.3 Å². The first-order valence-corrected chi connectivity index (χ1v) is 11.2. The summed E-state index contributed by atoms with van der Waals surface area (Å²) in [4.78, 5) is 35.6. The van der Waals surface area contributed by atoms with E-state index in [1.165, 1.54) is 32.7 Å². The van der Waals surface area contributed by atoms with Crippen molar-refractivity contribution in [2.24, 2.45) is 17.8 Å². The number of benzene rings is 1. The number of rotatable bonds is 8. The van der Waals surface area contributed by atoms with Crippen molar-refractivity contribution in [1.29, 1.82) is 0 Å². The molecule has 2 unspecified atom stereocenters. The van der Waals surface area contributed by atoms with Crippen LogP contribution in [-0.4, -0.2) is 48.8 Å². The Kier molecular flexibility index (Phi) is 8.94. The molecule has 1 saturated heterocycles. The highest BCUT2D eigenvalue weighted by atomic mass is 32.2. The van der Waals surface area contributed by atoms with Gasteiger partial charge in [-0.2, -0.15) is 0 Å². The first-order chi connectivity index (χ1) is 14.6. The lowest BCUT2D eigenvalue weighted by Crippen LogP contribution is -2.55. The minimum Gasteiger partial charge on any atom is -0.466 e. The van der Waals surface area contributed by atoms with Crippen molar-refractivity contribution in [3.8, 4) is 0 Å². The number of carbonyl (C=O) groups is 3. The summed E-state index contributed by atoms with van der Waals surface area (Å²) in [6.07, 6.45) is -0.651. The Morgan fingerprint density at radius 1 is 1.16 bits per heavy atom. The van der Waals surface area contributed by atoms with E-state index >= 15 is 0 Å². The molecule has 31 heavy (non-hydrogen) atoms. The maximum Gasteiger partial charge on any atom is 0.349 e. The summed E-state index contributed by atoms with van der Waals surface area (Å²) in [5.41, 5.74) is 0. The van der Waals surface area contributed by atoms with Gasteiger partial charge in [0, 0.05) is 31.1 Å². The molecule has 0 aromatic heterocycles. The van der Waals surface area contributed by atoms with Crippen molar-refractivity contribution in [2.75, 3.05) is 13.7 Å². The first kappa shape index (κ1) is 25.2. The van der Waals surface area contributed by atoms with E-state index in [0.717, 1.165) is 4.90 Å². The van der Waals surface area contributed by atoms with Gasteiger partial charge in [-0.15, -0.1) is 0 Å². The molecular formula is C23H32O7S. The van der Waals surface area contributed by atoms with Gasteiger partial charge in [0.2, 0.25) is 4.93 Å². The third-order valence-electron chi connectivity index (χ3n) is 5.73. The molecule has 0 saturated carbocycles. The van der Waals surface area contributed by atoms with Gasteiger partial charge in [-0.3, -0.25) is 9.59 Å². The van der Waals surface area contributed by atoms with Gasteiger partial charge < -0.3 is 18.9 Å². The van der Waals surface area contributed by atoms with E-state index in [4.69, 9.17) is 18.9 Å². The zero-order chi connectivity index (χ0) is 23.2. The van der Waals surface area contributed by atoms with E-state index in [1.54, 1.807) is 0 Å². The molecule has 0 aliphatic carbocycles. The van der Waals surface area contributed by atoms with Crippen LogP contribution in [0, 0.1) is 17.8 Å². The summed E-state index contributed by atoms with van der Waals surface area (Å²) in [5.74, 6) is -1.53. The van der Waals surface area contributed by atoms with Crippen LogP contribution in [-0.2, 0) is 33.3 Å². The predicted octanol–water partition coefficient (Wildman–Crippen LogP) is 3.84. The fraction of sp³-hybridized carbons (Fsp3) is 0.609. The molecule has 2 rings (SSSR count). The normalized spacial score (nSPS) is 27.6. The lowest BCUT2D eigenvalue weighted by atomic mass is 9.77. The van der Waals surface area contributed by atoms with Crippen LogP contribution in [0.5, 0.6) is 0 Å². The topological polar surface area (TPSA) is 88.1 Å². The van der Waals surface area contributed by atoms with Crippen LogP contribution in [0.4, 0.5) is 0 Å². The highest BCUT2D eigenvalue weighted by molar-refractivity contribution is 8.01. The van der Waals surface area contributed by atoms with Crippen LogP contribution in [0.25, 0.3) is 0 Å². The largest absolute Gasteiger partial charge is 0.466 e. The van der Waals surface area contributed by atoms with Crippen LogP contribution in [0.1, 0.15) is 41.0 Å². The molecule has 1 aliphatic rings. The van der Waals surface area contributed by atoms with Gasteiger partial charge in [0.15, 0.2) is 0 Å². The Morgan fingerprint density at radius 2 is 1.81 bits per heavy atom. The van der Waals surface area contributed by atoms with Gasteiger partial charge in [-0.1, -0.05) is 50.7 Å². The number of carbonyl (C=O) groups excluding carboxylic acids is 3. The molecule has 6 atom stereocenters. The molecule has 0 N–H and O–H groups in total. The number of thioether (sulfide) groups is 1. The first-order valence-electron chi connectivity index (χ1n) is 10.4. The number of esters is 3. The SMILES string of the molecule is COC(=O)C1(Sc2ccccc2)CC(C)[C@@H](C)[C@H]([C@H](C)[C@H](COC(C)=O)OC(C)=O)O1. The predicted molar refractivity (Wildman–Crippen MR) is 116 cm³/mol. The van der Waals surface area contributed by atoms with Gasteiger partial charge >= 0.3 is 17.9 Å². The van der Waals surface area contributed by atoms with E-state index in [9.17, 15) is 14.4 Å². The number of methoxy groups -OCH3 is 1. The number of ether oxygens (including phenoxy) is 4. The van der Waals surface area contributed by atoms with E-state index in [1.807, 2.05) is 37.3 Å². The van der Waals surface area contributed by atoms with Gasteiger partial charge in [0.05, 0.1) is 13.2 Å². The molecule has 7 nitrogen and oxygen atoms in total. The minimum atomic E-state index is -1.23. The highest BCUT2D eigenvalue weighted by Gasteiger charge is 2.53. The lowest BCUT2D eigenvalue weighted by molar-refractivity contribution is -0.197. The lowest BCUT2D eigenvalue weighted by Gasteiger charge is -2.47. The van der Waals surface area contributed by atoms with Crippen LogP contribution in [0.3, 0.4) is 0 Å².